The molecule has 0 spiro atoms. The molecule has 0 aromatic heterocycles. The van der Waals surface area contributed by atoms with Crippen LogP contribution in [0.15, 0.2) is 5.34 Å². The van der Waals surface area contributed by atoms with E-state index in [1.165, 1.54) is 64.9 Å². The summed E-state index contributed by atoms with van der Waals surface area (Å²) in [4.78, 5) is 36.5. The van der Waals surface area contributed by atoms with Crippen molar-refractivity contribution < 1.29 is 23.9 Å². The van der Waals surface area contributed by atoms with Crippen LogP contribution in [0.5, 0.6) is 0 Å². The van der Waals surface area contributed by atoms with Gasteiger partial charge in [-0.2, -0.15) is 0 Å². The van der Waals surface area contributed by atoms with E-state index in [2.05, 4.69) is 24.0 Å². The molecule has 8 nitrogen and oxygen atoms in total. The first-order valence-electron chi connectivity index (χ1n) is 16.6. The van der Waals surface area contributed by atoms with Crippen molar-refractivity contribution in [3.63, 3.8) is 0 Å². The summed E-state index contributed by atoms with van der Waals surface area (Å²) in [5, 5.41) is 5.21. The normalized spacial score (nSPS) is 40.0. The molecule has 6 atom stereocenters. The van der Waals surface area contributed by atoms with Gasteiger partial charge < -0.3 is 19.6 Å². The van der Waals surface area contributed by atoms with E-state index in [1.807, 2.05) is 12.4 Å². The highest BCUT2D eigenvalue weighted by atomic mass is 16.7. The molecule has 8 heteroatoms. The molecule has 5 aliphatic rings. The lowest BCUT2D eigenvalue weighted by Gasteiger charge is -2.49. The molecule has 1 saturated heterocycles. The van der Waals surface area contributed by atoms with Crippen molar-refractivity contribution in [2.24, 2.45) is 58.6 Å². The fourth-order valence-electron chi connectivity index (χ4n) is 9.15. The van der Waals surface area contributed by atoms with Gasteiger partial charge in [0.1, 0.15) is 12.9 Å². The summed E-state index contributed by atoms with van der Waals surface area (Å²) in [5.74, 6) is 6.09. The summed E-state index contributed by atoms with van der Waals surface area (Å²) in [6.07, 6.45) is 16.3. The zero-order chi connectivity index (χ0) is 29.5. The third kappa shape index (κ3) is 8.10. The molecule has 1 heterocycles. The highest BCUT2D eigenvalue weighted by molar-refractivity contribution is 5.81. The SMILES string of the molecule is COC(C1CC(C2CCC(C(=O)NC3CC(C(C)=O)C3)CC2)C1)[C@H](C)[C@@H]1CCC[C@@H]2CCC(C)OCC21.CON=O. The Bertz CT molecular complexity index is 849. The van der Waals surface area contributed by atoms with E-state index < -0.39 is 0 Å². The molecule has 1 aliphatic heterocycles. The molecule has 4 aliphatic carbocycles. The summed E-state index contributed by atoms with van der Waals surface area (Å²) in [5.41, 5.74) is 0. The summed E-state index contributed by atoms with van der Waals surface area (Å²) < 4.78 is 12.5. The van der Waals surface area contributed by atoms with Crippen LogP contribution < -0.4 is 5.32 Å². The first-order valence-corrected chi connectivity index (χ1v) is 16.6. The van der Waals surface area contributed by atoms with E-state index >= 15 is 0 Å². The lowest BCUT2D eigenvalue weighted by Crippen LogP contribution is -2.49. The average molecular weight is 577 g/mol. The van der Waals surface area contributed by atoms with Crippen molar-refractivity contribution in [2.45, 2.75) is 122 Å². The van der Waals surface area contributed by atoms with Crippen molar-refractivity contribution in [1.82, 2.24) is 5.32 Å². The molecule has 3 unspecified atom stereocenters. The highest BCUT2D eigenvalue weighted by Crippen LogP contribution is 2.51. The number of amides is 1. The van der Waals surface area contributed by atoms with Crippen molar-refractivity contribution in [3.05, 3.63) is 4.91 Å². The monoisotopic (exact) mass is 576 g/mol. The fraction of sp³-hybridized carbons (Fsp3) is 0.939. The Morgan fingerprint density at radius 3 is 2.15 bits per heavy atom. The number of rotatable bonds is 9. The van der Waals surface area contributed by atoms with E-state index in [1.54, 1.807) is 6.92 Å². The van der Waals surface area contributed by atoms with Crippen LogP contribution in [0.25, 0.3) is 0 Å². The predicted octanol–water partition coefficient (Wildman–Crippen LogP) is 6.50. The highest BCUT2D eigenvalue weighted by Gasteiger charge is 2.46. The Kier molecular flexibility index (Phi) is 12.1. The van der Waals surface area contributed by atoms with Crippen LogP contribution in [0.1, 0.15) is 104 Å². The number of fused-ring (bicyclic) bond motifs is 1. The van der Waals surface area contributed by atoms with Gasteiger partial charge in [0.15, 0.2) is 5.34 Å². The number of ketones is 1. The van der Waals surface area contributed by atoms with Crippen molar-refractivity contribution in [1.29, 1.82) is 0 Å². The molecule has 0 bridgehead atoms. The van der Waals surface area contributed by atoms with Gasteiger partial charge in [-0.15, -0.1) is 4.91 Å². The molecular weight excluding hydrogens is 520 g/mol. The Hall–Kier alpha value is -1.54. The maximum absolute atomic E-state index is 12.8. The fourth-order valence-corrected chi connectivity index (χ4v) is 9.15. The first-order chi connectivity index (χ1) is 19.7. The molecule has 5 rings (SSSR count). The maximum Gasteiger partial charge on any atom is 0.223 e. The Morgan fingerprint density at radius 1 is 0.878 bits per heavy atom. The second-order valence-corrected chi connectivity index (χ2v) is 14.1. The van der Waals surface area contributed by atoms with Crippen molar-refractivity contribution in [2.75, 3.05) is 20.8 Å². The lowest BCUT2D eigenvalue weighted by molar-refractivity contribution is -0.131. The molecule has 1 amide bonds. The van der Waals surface area contributed by atoms with Gasteiger partial charge in [0.05, 0.1) is 18.8 Å². The second kappa shape index (κ2) is 15.3. The molecular formula is C33H56N2O6. The molecule has 1 N–H and O–H groups in total. The number of carbonyl (C=O) groups is 2. The van der Waals surface area contributed by atoms with E-state index in [0.29, 0.717) is 24.0 Å². The quantitative estimate of drug-likeness (QED) is 0.248. The Balaban J connectivity index is 0.000000909. The number of carbonyl (C=O) groups excluding carboxylic acids is 2. The summed E-state index contributed by atoms with van der Waals surface area (Å²) in [7, 11) is 3.15. The number of ether oxygens (including phenoxy) is 2. The lowest BCUT2D eigenvalue weighted by atomic mass is 9.58. The first kappa shape index (κ1) is 32.4. The number of Topliss-reactive ketones (excluding diaryl/α,β-unsaturated/α-hetero) is 1. The largest absolute Gasteiger partial charge is 0.381 e. The van der Waals surface area contributed by atoms with Crippen LogP contribution in [0, 0.1) is 58.2 Å². The molecule has 0 radical (unpaired) electrons. The smallest absolute Gasteiger partial charge is 0.223 e. The van der Waals surface area contributed by atoms with Crippen LogP contribution in [-0.4, -0.2) is 50.8 Å². The van der Waals surface area contributed by atoms with Gasteiger partial charge in [0.2, 0.25) is 5.91 Å². The van der Waals surface area contributed by atoms with Gasteiger partial charge in [-0.3, -0.25) is 9.59 Å². The van der Waals surface area contributed by atoms with E-state index in [4.69, 9.17) is 14.4 Å². The molecule has 0 aromatic rings. The van der Waals surface area contributed by atoms with Crippen LogP contribution in [0.2, 0.25) is 0 Å². The Morgan fingerprint density at radius 2 is 1.54 bits per heavy atom. The van der Waals surface area contributed by atoms with E-state index in [-0.39, 0.29) is 29.6 Å². The van der Waals surface area contributed by atoms with Gasteiger partial charge >= 0.3 is 0 Å². The number of hydrogen-bond acceptors (Lipinski definition) is 7. The van der Waals surface area contributed by atoms with Crippen LogP contribution in [-0.2, 0) is 23.9 Å². The minimum atomic E-state index is 0.176. The van der Waals surface area contributed by atoms with Crippen molar-refractivity contribution in [3.8, 4) is 0 Å². The zero-order valence-corrected chi connectivity index (χ0v) is 26.2. The summed E-state index contributed by atoms with van der Waals surface area (Å²) >= 11 is 0. The van der Waals surface area contributed by atoms with Gasteiger partial charge in [-0.1, -0.05) is 19.8 Å². The van der Waals surface area contributed by atoms with Gasteiger partial charge in [-0.05, 0) is 126 Å². The number of nitrogens with one attached hydrogen (secondary N) is 1. The molecule has 41 heavy (non-hydrogen) atoms. The van der Waals surface area contributed by atoms with Crippen molar-refractivity contribution >= 4 is 11.7 Å². The van der Waals surface area contributed by atoms with Gasteiger partial charge in [0, 0.05) is 25.0 Å². The standard InChI is InChI=1S/C32H53NO4.CH3NO2/c1-19-8-9-23-6-5-7-29(30(23)18-37-19)20(2)31(36-4)27-14-26(15-27)22-10-12-24(13-11-22)32(35)33-28-16-25(17-28)21(3)34;1-4-2-3/h19-20,22-31H,5-18H2,1-4H3,(H,33,35);1H3/t19?,20-,22?,23-,24?,25?,26?,27?,28?,29+,30?,31?;/m1./s1. The summed E-state index contributed by atoms with van der Waals surface area (Å²) in [6.45, 7) is 7.36. The molecule has 5 fully saturated rings. The maximum atomic E-state index is 12.8. The zero-order valence-electron chi connectivity index (χ0n) is 26.2. The molecule has 4 saturated carbocycles. The third-order valence-corrected chi connectivity index (χ3v) is 11.9. The van der Waals surface area contributed by atoms with E-state index in [0.717, 1.165) is 61.9 Å². The molecule has 234 valence electrons. The number of nitrogens with zero attached hydrogens (tertiary/aromatic N) is 1. The number of methoxy groups -OCH3 is 1. The second-order valence-electron chi connectivity index (χ2n) is 14.1. The van der Waals surface area contributed by atoms with E-state index in [9.17, 15) is 9.59 Å². The Labute approximate surface area is 247 Å². The topological polar surface area (TPSA) is 103 Å². The predicted molar refractivity (Wildman–Crippen MR) is 159 cm³/mol. The minimum Gasteiger partial charge on any atom is -0.381 e. The third-order valence-electron chi connectivity index (χ3n) is 11.9. The van der Waals surface area contributed by atoms with Gasteiger partial charge in [0.25, 0.3) is 0 Å². The average Bonchev–Trinajstić information content (AvgIpc) is 3.13. The summed E-state index contributed by atoms with van der Waals surface area (Å²) in [6, 6.07) is 0.229. The van der Waals surface area contributed by atoms with Crippen LogP contribution >= 0.6 is 0 Å². The van der Waals surface area contributed by atoms with Crippen LogP contribution in [0.3, 0.4) is 0 Å². The van der Waals surface area contributed by atoms with Crippen LogP contribution in [0.4, 0.5) is 0 Å². The minimum absolute atomic E-state index is 0.176. The number of hydrogen-bond donors (Lipinski definition) is 1. The molecule has 0 aromatic carbocycles. The van der Waals surface area contributed by atoms with Gasteiger partial charge in [-0.25, -0.2) is 0 Å².